The molecule has 0 amide bonds. The Morgan fingerprint density at radius 1 is 1.16 bits per heavy atom. The van der Waals surface area contributed by atoms with Crippen LogP contribution in [-0.2, 0) is 14.3 Å². The van der Waals surface area contributed by atoms with Gasteiger partial charge in [-0.2, -0.15) is 0 Å². The summed E-state index contributed by atoms with van der Waals surface area (Å²) in [7, 11) is 1.24. The molecule has 0 saturated carbocycles. The van der Waals surface area contributed by atoms with Gasteiger partial charge in [-0.15, -0.1) is 0 Å². The highest BCUT2D eigenvalue weighted by molar-refractivity contribution is 5.89. The summed E-state index contributed by atoms with van der Waals surface area (Å²) in [6.45, 7) is 0. The maximum absolute atomic E-state index is 11.4. The molecule has 1 rings (SSSR count). The van der Waals surface area contributed by atoms with Gasteiger partial charge in [-0.1, -0.05) is 12.1 Å². The van der Waals surface area contributed by atoms with Crippen molar-refractivity contribution in [3.8, 4) is 0 Å². The zero-order chi connectivity index (χ0) is 14.4. The number of methoxy groups -OCH3 is 1. The Kier molecular flexibility index (Phi) is 5.05. The number of carboxylic acid groups (broad SMARTS) is 2. The number of benzene rings is 1. The van der Waals surface area contributed by atoms with Crippen molar-refractivity contribution in [2.45, 2.75) is 18.8 Å². The molecular formula is C13H14O6. The molecular weight excluding hydrogens is 252 g/mol. The molecule has 6 heteroatoms. The van der Waals surface area contributed by atoms with Crippen LogP contribution in [0.15, 0.2) is 24.3 Å². The van der Waals surface area contributed by atoms with Gasteiger partial charge in [0.2, 0.25) is 0 Å². The molecule has 0 aliphatic carbocycles. The Morgan fingerprint density at radius 3 is 2.21 bits per heavy atom. The lowest BCUT2D eigenvalue weighted by Crippen LogP contribution is -2.12. The molecule has 6 nitrogen and oxygen atoms in total. The summed E-state index contributed by atoms with van der Waals surface area (Å²) in [6, 6.07) is 6.15. The van der Waals surface area contributed by atoms with E-state index >= 15 is 0 Å². The lowest BCUT2D eigenvalue weighted by molar-refractivity contribution is -0.139. The third kappa shape index (κ3) is 4.42. The minimum absolute atomic E-state index is 0.265. The topological polar surface area (TPSA) is 101 Å². The SMILES string of the molecule is COC(=O)c1cccc(C(CC(=O)O)CC(=O)O)c1. The van der Waals surface area contributed by atoms with E-state index in [-0.39, 0.29) is 18.4 Å². The van der Waals surface area contributed by atoms with Crippen LogP contribution in [0.1, 0.15) is 34.7 Å². The van der Waals surface area contributed by atoms with Crippen LogP contribution in [0.4, 0.5) is 0 Å². The minimum Gasteiger partial charge on any atom is -0.481 e. The number of hydrogen-bond acceptors (Lipinski definition) is 4. The molecule has 19 heavy (non-hydrogen) atoms. The number of hydrogen-bond donors (Lipinski definition) is 2. The van der Waals surface area contributed by atoms with Crippen molar-refractivity contribution in [1.29, 1.82) is 0 Å². The molecule has 1 aromatic carbocycles. The highest BCUT2D eigenvalue weighted by Gasteiger charge is 2.20. The fourth-order valence-electron chi connectivity index (χ4n) is 1.77. The quantitative estimate of drug-likeness (QED) is 0.757. The first-order chi connectivity index (χ1) is 8.93. The molecule has 0 bridgehead atoms. The number of ether oxygens (including phenoxy) is 1. The molecule has 0 unspecified atom stereocenters. The maximum Gasteiger partial charge on any atom is 0.337 e. The van der Waals surface area contributed by atoms with Crippen LogP contribution < -0.4 is 0 Å². The van der Waals surface area contributed by atoms with E-state index in [1.807, 2.05) is 0 Å². The first-order valence-electron chi connectivity index (χ1n) is 5.56. The van der Waals surface area contributed by atoms with Crippen LogP contribution in [-0.4, -0.2) is 35.2 Å². The number of aliphatic carboxylic acids is 2. The molecule has 2 N–H and O–H groups in total. The minimum atomic E-state index is -1.09. The van der Waals surface area contributed by atoms with Gasteiger partial charge >= 0.3 is 17.9 Å². The van der Waals surface area contributed by atoms with E-state index < -0.39 is 23.8 Å². The third-order valence-corrected chi connectivity index (χ3v) is 2.62. The lowest BCUT2D eigenvalue weighted by Gasteiger charge is -2.13. The zero-order valence-corrected chi connectivity index (χ0v) is 10.3. The van der Waals surface area contributed by atoms with Crippen molar-refractivity contribution in [2.75, 3.05) is 7.11 Å². The average molecular weight is 266 g/mol. The standard InChI is InChI=1S/C13H14O6/c1-19-13(18)9-4-2-3-8(5-9)10(6-11(14)15)7-12(16)17/h2-5,10H,6-7H2,1H3,(H,14,15)(H,16,17). The van der Waals surface area contributed by atoms with E-state index in [4.69, 9.17) is 10.2 Å². The van der Waals surface area contributed by atoms with Gasteiger partial charge in [0.25, 0.3) is 0 Å². The van der Waals surface area contributed by atoms with Gasteiger partial charge in [0.05, 0.1) is 25.5 Å². The van der Waals surface area contributed by atoms with Gasteiger partial charge in [-0.25, -0.2) is 4.79 Å². The smallest absolute Gasteiger partial charge is 0.337 e. The number of carbonyl (C=O) groups excluding carboxylic acids is 1. The Morgan fingerprint density at radius 2 is 1.74 bits per heavy atom. The molecule has 0 spiro atoms. The van der Waals surface area contributed by atoms with Crippen molar-refractivity contribution in [3.05, 3.63) is 35.4 Å². The Bertz CT molecular complexity index is 478. The van der Waals surface area contributed by atoms with Gasteiger partial charge in [0.15, 0.2) is 0 Å². The highest BCUT2D eigenvalue weighted by atomic mass is 16.5. The molecule has 1 aromatic rings. The van der Waals surface area contributed by atoms with Gasteiger partial charge in [-0.05, 0) is 17.7 Å². The molecule has 0 heterocycles. The summed E-state index contributed by atoms with van der Waals surface area (Å²) in [4.78, 5) is 32.9. The van der Waals surface area contributed by atoms with Gasteiger partial charge in [0.1, 0.15) is 0 Å². The first kappa shape index (κ1) is 14.7. The van der Waals surface area contributed by atoms with Gasteiger partial charge in [0, 0.05) is 5.92 Å². The van der Waals surface area contributed by atoms with Crippen molar-refractivity contribution in [3.63, 3.8) is 0 Å². The summed E-state index contributed by atoms with van der Waals surface area (Å²) < 4.78 is 4.56. The average Bonchev–Trinajstić information content (AvgIpc) is 2.36. The Labute approximate surface area is 109 Å². The van der Waals surface area contributed by atoms with E-state index in [9.17, 15) is 14.4 Å². The highest BCUT2D eigenvalue weighted by Crippen LogP contribution is 2.24. The lowest BCUT2D eigenvalue weighted by atomic mass is 9.91. The van der Waals surface area contributed by atoms with E-state index in [1.165, 1.54) is 19.2 Å². The molecule has 0 aliphatic heterocycles. The van der Waals surface area contributed by atoms with E-state index in [0.29, 0.717) is 5.56 Å². The molecule has 102 valence electrons. The predicted octanol–water partition coefficient (Wildman–Crippen LogP) is 1.51. The Hall–Kier alpha value is -2.37. The monoisotopic (exact) mass is 266 g/mol. The number of esters is 1. The summed E-state index contributed by atoms with van der Waals surface area (Å²) in [6.07, 6.45) is -0.617. The second-order valence-electron chi connectivity index (χ2n) is 4.01. The molecule has 0 radical (unpaired) electrons. The molecule has 0 fully saturated rings. The van der Waals surface area contributed by atoms with Crippen LogP contribution in [0.2, 0.25) is 0 Å². The fraction of sp³-hybridized carbons (Fsp3) is 0.308. The van der Waals surface area contributed by atoms with Gasteiger partial charge < -0.3 is 14.9 Å². The predicted molar refractivity (Wildman–Crippen MR) is 65.0 cm³/mol. The van der Waals surface area contributed by atoms with E-state index in [2.05, 4.69) is 4.74 Å². The van der Waals surface area contributed by atoms with Crippen LogP contribution >= 0.6 is 0 Å². The Balaban J connectivity index is 3.04. The van der Waals surface area contributed by atoms with Crippen LogP contribution in [0.3, 0.4) is 0 Å². The van der Waals surface area contributed by atoms with Crippen LogP contribution in [0, 0.1) is 0 Å². The van der Waals surface area contributed by atoms with Crippen LogP contribution in [0.5, 0.6) is 0 Å². The first-order valence-corrected chi connectivity index (χ1v) is 5.56. The number of carboxylic acids is 2. The summed E-state index contributed by atoms with van der Waals surface area (Å²) in [5.41, 5.74) is 0.758. The second kappa shape index (κ2) is 6.53. The van der Waals surface area contributed by atoms with Gasteiger partial charge in [-0.3, -0.25) is 9.59 Å². The number of carbonyl (C=O) groups is 3. The van der Waals surface area contributed by atoms with Crippen molar-refractivity contribution in [1.82, 2.24) is 0 Å². The maximum atomic E-state index is 11.4. The zero-order valence-electron chi connectivity index (χ0n) is 10.3. The number of rotatable bonds is 6. The largest absolute Gasteiger partial charge is 0.481 e. The third-order valence-electron chi connectivity index (χ3n) is 2.62. The molecule has 0 aliphatic rings. The molecule has 0 atom stereocenters. The molecule has 0 aromatic heterocycles. The fourth-order valence-corrected chi connectivity index (χ4v) is 1.77. The van der Waals surface area contributed by atoms with Crippen molar-refractivity contribution < 1.29 is 29.3 Å². The summed E-state index contributed by atoms with van der Waals surface area (Å²) >= 11 is 0. The summed E-state index contributed by atoms with van der Waals surface area (Å²) in [5.74, 6) is -3.41. The van der Waals surface area contributed by atoms with Crippen LogP contribution in [0.25, 0.3) is 0 Å². The summed E-state index contributed by atoms with van der Waals surface area (Å²) in [5, 5.41) is 17.6. The second-order valence-corrected chi connectivity index (χ2v) is 4.01. The van der Waals surface area contributed by atoms with Crippen molar-refractivity contribution >= 4 is 17.9 Å². The normalized spacial score (nSPS) is 10.2. The van der Waals surface area contributed by atoms with Crippen molar-refractivity contribution in [2.24, 2.45) is 0 Å². The molecule has 0 saturated heterocycles. The van der Waals surface area contributed by atoms with E-state index in [1.54, 1.807) is 12.1 Å². The van der Waals surface area contributed by atoms with E-state index in [0.717, 1.165) is 0 Å².